The summed E-state index contributed by atoms with van der Waals surface area (Å²) >= 11 is 1.76. The van der Waals surface area contributed by atoms with Gasteiger partial charge in [0.05, 0.1) is 20.6 Å². The average Bonchev–Trinajstić information content (AvgIpc) is 1.84. The minimum atomic E-state index is -0.263. The van der Waals surface area contributed by atoms with Crippen molar-refractivity contribution in [2.24, 2.45) is 0 Å². The second kappa shape index (κ2) is 4.12. The zero-order valence-electron chi connectivity index (χ0n) is 6.35. The summed E-state index contributed by atoms with van der Waals surface area (Å²) in [4.78, 5) is 0. The Kier molecular flexibility index (Phi) is 4.23. The number of hydrogen-bond donors (Lipinski definition) is 0. The molecule has 0 N–H and O–H groups in total. The number of halogens is 1. The van der Waals surface area contributed by atoms with Gasteiger partial charge < -0.3 is 4.48 Å². The van der Waals surface area contributed by atoms with Gasteiger partial charge in [-0.25, -0.2) is 0 Å². The van der Waals surface area contributed by atoms with Crippen LogP contribution in [-0.2, 0) is 0 Å². The minimum absolute atomic E-state index is 0.263. The molecule has 0 aliphatic carbocycles. The van der Waals surface area contributed by atoms with Gasteiger partial charge >= 0.3 is 0 Å². The third-order valence-electron chi connectivity index (χ3n) is 1.22. The van der Waals surface area contributed by atoms with Gasteiger partial charge in [0.15, 0.2) is 0 Å². The summed E-state index contributed by atoms with van der Waals surface area (Å²) in [6.45, 7) is 0.651. The molecule has 0 atom stereocenters. The van der Waals surface area contributed by atoms with Crippen LogP contribution >= 0.6 is 11.8 Å². The van der Waals surface area contributed by atoms with Gasteiger partial charge in [-0.3, -0.25) is 0 Å². The number of hydrogen-bond acceptors (Lipinski definition) is 1. The van der Waals surface area contributed by atoms with Crippen molar-refractivity contribution in [2.45, 2.75) is 0 Å². The largest absolute Gasteiger partial charge is 0.301 e. The first kappa shape index (κ1) is 9.24. The predicted octanol–water partition coefficient (Wildman–Crippen LogP) is 1.35. The highest BCUT2D eigenvalue weighted by Crippen LogP contribution is 2.00. The monoisotopic (exact) mass is 152 g/mol. The second-order valence-electron chi connectivity index (χ2n) is 2.77. The normalized spacial score (nSPS) is 12.0. The number of rotatable bonds is 4. The predicted molar refractivity (Wildman–Crippen MR) is 41.3 cm³/mol. The Morgan fingerprint density at radius 1 is 1.44 bits per heavy atom. The number of nitrogens with zero attached hydrogens (tertiary/aromatic N) is 1. The third-order valence-corrected chi connectivity index (χ3v) is 1.82. The second-order valence-corrected chi connectivity index (χ2v) is 3.76. The smallest absolute Gasteiger partial charge is 0.221 e. The molecule has 0 rings (SSSR count). The van der Waals surface area contributed by atoms with Crippen molar-refractivity contribution in [3.8, 4) is 0 Å². The maximum atomic E-state index is 12.1. The van der Waals surface area contributed by atoms with Gasteiger partial charge in [-0.15, -0.1) is 0 Å². The first-order chi connectivity index (χ1) is 4.12. The Morgan fingerprint density at radius 2 is 2.00 bits per heavy atom. The van der Waals surface area contributed by atoms with Crippen LogP contribution in [0.15, 0.2) is 0 Å². The lowest BCUT2D eigenvalue weighted by Crippen LogP contribution is -2.40. The highest BCUT2D eigenvalue weighted by atomic mass is 32.2. The molecule has 0 aliphatic rings. The standard InChI is InChI=1S/C6H15FNS/c1-8(2,6-7)4-5-9-3/h4-6H2,1-3H3/q+1. The Morgan fingerprint density at radius 3 is 2.33 bits per heavy atom. The average molecular weight is 152 g/mol. The van der Waals surface area contributed by atoms with Gasteiger partial charge in [0.25, 0.3) is 0 Å². The van der Waals surface area contributed by atoms with E-state index in [2.05, 4.69) is 0 Å². The molecule has 0 radical (unpaired) electrons. The zero-order valence-corrected chi connectivity index (χ0v) is 7.17. The van der Waals surface area contributed by atoms with Gasteiger partial charge in [0, 0.05) is 5.75 Å². The quantitative estimate of drug-likeness (QED) is 0.433. The van der Waals surface area contributed by atoms with E-state index < -0.39 is 0 Å². The fraction of sp³-hybridized carbons (Fsp3) is 1.00. The van der Waals surface area contributed by atoms with Crippen LogP contribution in [0.5, 0.6) is 0 Å². The molecule has 0 aliphatic heterocycles. The lowest BCUT2D eigenvalue weighted by Gasteiger charge is -2.24. The van der Waals surface area contributed by atoms with Crippen molar-refractivity contribution in [1.29, 1.82) is 0 Å². The van der Waals surface area contributed by atoms with Crippen molar-refractivity contribution < 1.29 is 8.87 Å². The van der Waals surface area contributed by atoms with Gasteiger partial charge in [-0.2, -0.15) is 16.2 Å². The highest BCUT2D eigenvalue weighted by Gasteiger charge is 2.11. The first-order valence-electron chi connectivity index (χ1n) is 2.99. The van der Waals surface area contributed by atoms with E-state index in [1.165, 1.54) is 0 Å². The van der Waals surface area contributed by atoms with E-state index in [-0.39, 0.29) is 6.80 Å². The Bertz CT molecular complexity index is 75.5. The van der Waals surface area contributed by atoms with Crippen molar-refractivity contribution in [2.75, 3.05) is 39.4 Å². The van der Waals surface area contributed by atoms with Crippen molar-refractivity contribution in [3.63, 3.8) is 0 Å². The molecule has 9 heavy (non-hydrogen) atoms. The highest BCUT2D eigenvalue weighted by molar-refractivity contribution is 7.98. The Labute approximate surface area is 60.8 Å². The van der Waals surface area contributed by atoms with E-state index in [1.807, 2.05) is 20.4 Å². The first-order valence-corrected chi connectivity index (χ1v) is 4.38. The molecule has 0 aromatic rings. The summed E-state index contributed by atoms with van der Waals surface area (Å²) in [5.74, 6) is 1.04. The molecule has 0 aromatic heterocycles. The summed E-state index contributed by atoms with van der Waals surface area (Å²) in [6, 6.07) is 0. The molecule has 0 spiro atoms. The maximum Gasteiger partial charge on any atom is 0.221 e. The Hall–Kier alpha value is 0.240. The van der Waals surface area contributed by atoms with Crippen LogP contribution in [-0.4, -0.2) is 43.9 Å². The molecular weight excluding hydrogens is 137 g/mol. The van der Waals surface area contributed by atoms with Gasteiger partial charge in [0.1, 0.15) is 0 Å². The minimum Gasteiger partial charge on any atom is -0.301 e. The molecule has 0 unspecified atom stereocenters. The molecular formula is C6H15FNS+. The van der Waals surface area contributed by atoms with Crippen LogP contribution < -0.4 is 0 Å². The van der Waals surface area contributed by atoms with Crippen LogP contribution in [0.2, 0.25) is 0 Å². The van der Waals surface area contributed by atoms with E-state index in [0.29, 0.717) is 4.48 Å². The van der Waals surface area contributed by atoms with Gasteiger partial charge in [0.2, 0.25) is 6.80 Å². The molecule has 3 heteroatoms. The topological polar surface area (TPSA) is 0 Å². The molecule has 56 valence electrons. The van der Waals surface area contributed by atoms with E-state index in [1.54, 1.807) is 11.8 Å². The van der Waals surface area contributed by atoms with Crippen molar-refractivity contribution >= 4 is 11.8 Å². The lowest BCUT2D eigenvalue weighted by molar-refractivity contribution is -0.900. The SMILES string of the molecule is CSCC[N+](C)(C)CF. The lowest BCUT2D eigenvalue weighted by atomic mass is 10.6. The number of thioether (sulfide) groups is 1. The van der Waals surface area contributed by atoms with E-state index in [0.717, 1.165) is 12.3 Å². The molecule has 0 heterocycles. The number of alkyl halides is 1. The van der Waals surface area contributed by atoms with Crippen molar-refractivity contribution in [1.82, 2.24) is 0 Å². The van der Waals surface area contributed by atoms with Crippen LogP contribution in [0.25, 0.3) is 0 Å². The molecule has 0 saturated carbocycles. The summed E-state index contributed by atoms with van der Waals surface area (Å²) in [5.41, 5.74) is 0. The molecule has 1 nitrogen and oxygen atoms in total. The third kappa shape index (κ3) is 4.73. The fourth-order valence-corrected chi connectivity index (χ4v) is 1.07. The van der Waals surface area contributed by atoms with Crippen LogP contribution in [0, 0.1) is 0 Å². The Balaban J connectivity index is 3.33. The summed E-state index contributed by atoms with van der Waals surface area (Å²) in [6.07, 6.45) is 2.04. The fourth-order valence-electron chi connectivity index (χ4n) is 0.398. The molecule has 0 fully saturated rings. The van der Waals surface area contributed by atoms with Crippen LogP contribution in [0.4, 0.5) is 4.39 Å². The summed E-state index contributed by atoms with van der Waals surface area (Å²) in [5, 5.41) is 0. The summed E-state index contributed by atoms with van der Waals surface area (Å²) in [7, 11) is 3.80. The summed E-state index contributed by atoms with van der Waals surface area (Å²) < 4.78 is 12.5. The molecule has 0 bridgehead atoms. The van der Waals surface area contributed by atoms with E-state index >= 15 is 0 Å². The zero-order chi connectivity index (χ0) is 7.33. The van der Waals surface area contributed by atoms with Gasteiger partial charge in [-0.1, -0.05) is 0 Å². The maximum absolute atomic E-state index is 12.1. The molecule has 0 amide bonds. The molecule has 0 aromatic carbocycles. The number of quaternary nitrogens is 1. The van der Waals surface area contributed by atoms with Crippen LogP contribution in [0.3, 0.4) is 0 Å². The van der Waals surface area contributed by atoms with Gasteiger partial charge in [-0.05, 0) is 6.26 Å². The van der Waals surface area contributed by atoms with E-state index in [4.69, 9.17) is 0 Å². The van der Waals surface area contributed by atoms with Crippen LogP contribution in [0.1, 0.15) is 0 Å². The van der Waals surface area contributed by atoms with Crippen molar-refractivity contribution in [3.05, 3.63) is 0 Å². The van der Waals surface area contributed by atoms with E-state index in [9.17, 15) is 4.39 Å². The molecule has 0 saturated heterocycles.